The van der Waals surface area contributed by atoms with Crippen LogP contribution in [0.5, 0.6) is 0 Å². The Hall–Kier alpha value is -2.32. The molecular weight excluding hydrogens is 289 g/mol. The first kappa shape index (κ1) is 13.7. The van der Waals surface area contributed by atoms with Crippen molar-refractivity contribution >= 4 is 11.7 Å². The molecule has 1 aliphatic heterocycles. The Bertz CT molecular complexity index is 689. The number of furan rings is 1. The van der Waals surface area contributed by atoms with Crippen molar-refractivity contribution in [3.63, 3.8) is 0 Å². The molecule has 9 heteroatoms. The molecule has 2 aromatic rings. The van der Waals surface area contributed by atoms with E-state index >= 15 is 0 Å². The summed E-state index contributed by atoms with van der Waals surface area (Å²) in [5, 5.41) is 6.79. The summed E-state index contributed by atoms with van der Waals surface area (Å²) in [6, 6.07) is 3.16. The van der Waals surface area contributed by atoms with E-state index in [4.69, 9.17) is 4.42 Å². The summed E-state index contributed by atoms with van der Waals surface area (Å²) in [7, 11) is 0. The quantitative estimate of drug-likeness (QED) is 0.795. The van der Waals surface area contributed by atoms with Crippen LogP contribution >= 0.6 is 0 Å². The first-order valence-electron chi connectivity index (χ1n) is 6.21. The monoisotopic (exact) mass is 300 g/mol. The van der Waals surface area contributed by atoms with Crippen LogP contribution in [0.4, 0.5) is 19.1 Å². The van der Waals surface area contributed by atoms with Crippen LogP contribution in [0.1, 0.15) is 29.1 Å². The van der Waals surface area contributed by atoms with Gasteiger partial charge >= 0.3 is 6.18 Å². The molecule has 112 valence electrons. The molecule has 0 aromatic carbocycles. The standard InChI is InChI=1S/C12H11F3N4O2/c1-7(20)8-2-3-10(21-8)18-4-5-19-9(6-18)16-17-11(19)12(13,14)15/h2-3H,4-6H2,1H3. The number of hydrogen-bond acceptors (Lipinski definition) is 5. The zero-order chi connectivity index (χ0) is 15.2. The van der Waals surface area contributed by atoms with Gasteiger partial charge in [0, 0.05) is 26.1 Å². The molecule has 0 saturated carbocycles. The van der Waals surface area contributed by atoms with Gasteiger partial charge in [-0.3, -0.25) is 4.79 Å². The highest BCUT2D eigenvalue weighted by Gasteiger charge is 2.39. The summed E-state index contributed by atoms with van der Waals surface area (Å²) >= 11 is 0. The number of halogens is 3. The van der Waals surface area contributed by atoms with E-state index in [1.807, 2.05) is 0 Å². The minimum atomic E-state index is -4.51. The molecule has 6 nitrogen and oxygen atoms in total. The first-order chi connectivity index (χ1) is 9.86. The number of carbonyl (C=O) groups excluding carboxylic acids is 1. The fourth-order valence-electron chi connectivity index (χ4n) is 2.24. The number of fused-ring (bicyclic) bond motifs is 1. The van der Waals surface area contributed by atoms with Crippen LogP contribution in [-0.4, -0.2) is 27.1 Å². The second kappa shape index (κ2) is 4.61. The predicted molar refractivity (Wildman–Crippen MR) is 64.8 cm³/mol. The SMILES string of the molecule is CC(=O)c1ccc(N2CCn3c(nnc3C(F)(F)F)C2)o1. The van der Waals surface area contributed by atoms with Crippen LogP contribution in [0.15, 0.2) is 16.5 Å². The lowest BCUT2D eigenvalue weighted by atomic mass is 10.3. The third kappa shape index (κ3) is 2.39. The van der Waals surface area contributed by atoms with Gasteiger partial charge in [0.05, 0.1) is 6.54 Å². The molecule has 0 spiro atoms. The number of ketones is 1. The van der Waals surface area contributed by atoms with Crippen LogP contribution in [0.3, 0.4) is 0 Å². The zero-order valence-corrected chi connectivity index (χ0v) is 11.0. The normalized spacial score (nSPS) is 15.1. The van der Waals surface area contributed by atoms with E-state index in [2.05, 4.69) is 10.2 Å². The molecule has 0 radical (unpaired) electrons. The first-order valence-corrected chi connectivity index (χ1v) is 6.21. The molecule has 0 fully saturated rings. The van der Waals surface area contributed by atoms with E-state index in [0.717, 1.165) is 4.57 Å². The number of hydrogen-bond donors (Lipinski definition) is 0. The van der Waals surface area contributed by atoms with E-state index in [1.165, 1.54) is 13.0 Å². The highest BCUT2D eigenvalue weighted by atomic mass is 19.4. The minimum absolute atomic E-state index is 0.104. The summed E-state index contributed by atoms with van der Waals surface area (Å²) < 4.78 is 44.6. The molecule has 0 bridgehead atoms. The third-order valence-corrected chi connectivity index (χ3v) is 3.26. The maximum Gasteiger partial charge on any atom is 0.451 e. The number of rotatable bonds is 2. The summed E-state index contributed by atoms with van der Waals surface area (Å²) in [6.45, 7) is 1.95. The summed E-state index contributed by atoms with van der Waals surface area (Å²) in [5.74, 6) is -0.327. The van der Waals surface area contributed by atoms with Crippen LogP contribution in [-0.2, 0) is 19.3 Å². The van der Waals surface area contributed by atoms with Crippen molar-refractivity contribution in [1.82, 2.24) is 14.8 Å². The van der Waals surface area contributed by atoms with Gasteiger partial charge in [0.1, 0.15) is 0 Å². The van der Waals surface area contributed by atoms with E-state index in [1.54, 1.807) is 11.0 Å². The Balaban J connectivity index is 1.85. The number of alkyl halides is 3. The maximum atomic E-state index is 12.7. The van der Waals surface area contributed by atoms with Gasteiger partial charge in [-0.1, -0.05) is 0 Å². The van der Waals surface area contributed by atoms with Gasteiger partial charge < -0.3 is 13.9 Å². The second-order valence-corrected chi connectivity index (χ2v) is 4.70. The molecule has 21 heavy (non-hydrogen) atoms. The van der Waals surface area contributed by atoms with E-state index in [-0.39, 0.29) is 30.5 Å². The van der Waals surface area contributed by atoms with Crippen molar-refractivity contribution in [2.45, 2.75) is 26.2 Å². The molecule has 0 amide bonds. The van der Waals surface area contributed by atoms with Crippen LogP contribution < -0.4 is 4.90 Å². The Morgan fingerprint density at radius 1 is 1.29 bits per heavy atom. The van der Waals surface area contributed by atoms with Crippen molar-refractivity contribution in [3.8, 4) is 0 Å². The highest BCUT2D eigenvalue weighted by Crippen LogP contribution is 2.30. The van der Waals surface area contributed by atoms with Crippen molar-refractivity contribution in [2.24, 2.45) is 0 Å². The highest BCUT2D eigenvalue weighted by molar-refractivity contribution is 5.91. The topological polar surface area (TPSA) is 64.2 Å². The van der Waals surface area contributed by atoms with Gasteiger partial charge in [-0.25, -0.2) is 0 Å². The lowest BCUT2D eigenvalue weighted by molar-refractivity contribution is -0.147. The van der Waals surface area contributed by atoms with Crippen LogP contribution in [0.25, 0.3) is 0 Å². The van der Waals surface area contributed by atoms with E-state index < -0.39 is 12.0 Å². The van der Waals surface area contributed by atoms with Gasteiger partial charge in [-0.15, -0.1) is 10.2 Å². The summed E-state index contributed by atoms with van der Waals surface area (Å²) in [4.78, 5) is 12.9. The molecule has 3 heterocycles. The number of carbonyl (C=O) groups is 1. The van der Waals surface area contributed by atoms with Crippen molar-refractivity contribution < 1.29 is 22.4 Å². The maximum absolute atomic E-state index is 12.7. The molecule has 2 aromatic heterocycles. The van der Waals surface area contributed by atoms with E-state index in [9.17, 15) is 18.0 Å². The number of nitrogens with zero attached hydrogens (tertiary/aromatic N) is 4. The average Bonchev–Trinajstić information content (AvgIpc) is 3.04. The molecule has 1 aliphatic rings. The fraction of sp³-hybridized carbons (Fsp3) is 0.417. The van der Waals surface area contributed by atoms with Crippen LogP contribution in [0, 0.1) is 0 Å². The molecule has 0 unspecified atom stereocenters. The molecule has 0 aliphatic carbocycles. The van der Waals surface area contributed by atoms with Gasteiger partial charge in [0.15, 0.2) is 23.3 Å². The number of anilines is 1. The molecule has 0 N–H and O–H groups in total. The Morgan fingerprint density at radius 3 is 2.67 bits per heavy atom. The minimum Gasteiger partial charge on any atom is -0.437 e. The zero-order valence-electron chi connectivity index (χ0n) is 11.0. The largest absolute Gasteiger partial charge is 0.451 e. The van der Waals surface area contributed by atoms with Crippen molar-refractivity contribution in [2.75, 3.05) is 11.4 Å². The number of aromatic nitrogens is 3. The predicted octanol–water partition coefficient (Wildman–Crippen LogP) is 2.11. The smallest absolute Gasteiger partial charge is 0.437 e. The third-order valence-electron chi connectivity index (χ3n) is 3.26. The van der Waals surface area contributed by atoms with Crippen LogP contribution in [0.2, 0.25) is 0 Å². The van der Waals surface area contributed by atoms with Gasteiger partial charge in [0.2, 0.25) is 5.82 Å². The summed E-state index contributed by atoms with van der Waals surface area (Å²) in [6.07, 6.45) is -4.51. The van der Waals surface area contributed by atoms with Gasteiger partial charge in [0.25, 0.3) is 0 Å². The molecular formula is C12H11F3N4O2. The molecule has 0 saturated heterocycles. The van der Waals surface area contributed by atoms with Gasteiger partial charge in [-0.05, 0) is 6.07 Å². The Kier molecular flexibility index (Phi) is 2.99. The lowest BCUT2D eigenvalue weighted by Crippen LogP contribution is -2.35. The summed E-state index contributed by atoms with van der Waals surface area (Å²) in [5.41, 5.74) is 0. The van der Waals surface area contributed by atoms with Gasteiger partial charge in [-0.2, -0.15) is 13.2 Å². The van der Waals surface area contributed by atoms with Crippen molar-refractivity contribution in [3.05, 3.63) is 29.5 Å². The number of Topliss-reactive ketones (excluding diaryl/α,β-unsaturated/α-hetero) is 1. The average molecular weight is 300 g/mol. The molecule has 0 atom stereocenters. The Labute approximate surface area is 117 Å². The molecule has 3 rings (SSSR count). The fourth-order valence-corrected chi connectivity index (χ4v) is 2.24. The second-order valence-electron chi connectivity index (χ2n) is 4.70. The van der Waals surface area contributed by atoms with E-state index in [0.29, 0.717) is 12.4 Å². The lowest BCUT2D eigenvalue weighted by Gasteiger charge is -2.27. The van der Waals surface area contributed by atoms with Crippen molar-refractivity contribution in [1.29, 1.82) is 0 Å². The Morgan fingerprint density at radius 2 is 2.05 bits per heavy atom.